The molecule has 21 heavy (non-hydrogen) atoms. The average molecular weight is 285 g/mol. The topological polar surface area (TPSA) is 75.4 Å². The third-order valence-electron chi connectivity index (χ3n) is 3.60. The minimum atomic E-state index is -1.11. The molecule has 6 heteroatoms. The number of aromatic carboxylic acids is 1. The van der Waals surface area contributed by atoms with Gasteiger partial charge in [0.05, 0.1) is 6.54 Å². The van der Waals surface area contributed by atoms with Gasteiger partial charge in [0.15, 0.2) is 5.69 Å². The van der Waals surface area contributed by atoms with E-state index in [0.717, 1.165) is 6.42 Å². The largest absolute Gasteiger partial charge is 0.476 e. The van der Waals surface area contributed by atoms with E-state index < -0.39 is 5.97 Å². The Bertz CT molecular complexity index is 679. The number of fused-ring (bicyclic) bond motifs is 1. The maximum absolute atomic E-state index is 12.3. The average Bonchev–Trinajstić information content (AvgIpc) is 2.93. The van der Waals surface area contributed by atoms with Gasteiger partial charge in [0, 0.05) is 19.2 Å². The van der Waals surface area contributed by atoms with Crippen molar-refractivity contribution in [3.05, 3.63) is 53.3 Å². The fourth-order valence-corrected chi connectivity index (χ4v) is 2.46. The Hall–Kier alpha value is -2.63. The van der Waals surface area contributed by atoms with Gasteiger partial charge in [-0.1, -0.05) is 30.3 Å². The summed E-state index contributed by atoms with van der Waals surface area (Å²) in [5.74, 6) is -1.27. The summed E-state index contributed by atoms with van der Waals surface area (Å²) in [4.78, 5) is 25.0. The number of rotatable bonds is 4. The summed E-state index contributed by atoms with van der Waals surface area (Å²) in [5.41, 5.74) is 1.45. The molecule has 1 N–H and O–H groups in total. The third kappa shape index (κ3) is 2.65. The molecule has 6 nitrogen and oxygen atoms in total. The summed E-state index contributed by atoms with van der Waals surface area (Å²) in [7, 11) is 0. The molecule has 0 aliphatic carbocycles. The Balaban J connectivity index is 1.72. The number of carboxylic acid groups (broad SMARTS) is 1. The van der Waals surface area contributed by atoms with Crippen LogP contribution in [0.4, 0.5) is 0 Å². The van der Waals surface area contributed by atoms with Crippen molar-refractivity contribution in [3.63, 3.8) is 0 Å². The second-order valence-electron chi connectivity index (χ2n) is 4.97. The lowest BCUT2D eigenvalue weighted by molar-refractivity contribution is 0.0678. The van der Waals surface area contributed by atoms with Gasteiger partial charge in [-0.2, -0.15) is 5.10 Å². The molecule has 108 valence electrons. The van der Waals surface area contributed by atoms with Crippen LogP contribution in [0.15, 0.2) is 36.4 Å². The lowest BCUT2D eigenvalue weighted by Gasteiger charge is -2.27. The molecule has 0 saturated heterocycles. The van der Waals surface area contributed by atoms with Crippen LogP contribution in [0.2, 0.25) is 0 Å². The van der Waals surface area contributed by atoms with E-state index >= 15 is 0 Å². The first-order valence-electron chi connectivity index (χ1n) is 6.79. The van der Waals surface area contributed by atoms with Crippen LogP contribution in [0, 0.1) is 0 Å². The highest BCUT2D eigenvalue weighted by Crippen LogP contribution is 2.14. The number of aromatic nitrogens is 2. The van der Waals surface area contributed by atoms with Gasteiger partial charge in [-0.25, -0.2) is 4.79 Å². The van der Waals surface area contributed by atoms with E-state index in [-0.39, 0.29) is 11.6 Å². The molecule has 0 bridgehead atoms. The number of nitrogens with zero attached hydrogens (tertiary/aromatic N) is 3. The molecular weight excluding hydrogens is 270 g/mol. The van der Waals surface area contributed by atoms with Gasteiger partial charge in [-0.05, 0) is 12.0 Å². The molecule has 0 atom stereocenters. The normalized spacial score (nSPS) is 14.1. The Morgan fingerprint density at radius 1 is 1.24 bits per heavy atom. The molecule has 2 aromatic rings. The van der Waals surface area contributed by atoms with Gasteiger partial charge in [0.2, 0.25) is 0 Å². The molecular formula is C15H15N3O3. The fraction of sp³-hybridized carbons (Fsp3) is 0.267. The molecule has 0 spiro atoms. The van der Waals surface area contributed by atoms with E-state index in [1.807, 2.05) is 30.3 Å². The van der Waals surface area contributed by atoms with E-state index in [1.165, 1.54) is 16.3 Å². The predicted octanol–water partition coefficient (Wildman–Crippen LogP) is 1.28. The zero-order valence-corrected chi connectivity index (χ0v) is 11.4. The Morgan fingerprint density at radius 3 is 2.71 bits per heavy atom. The molecule has 1 aromatic heterocycles. The van der Waals surface area contributed by atoms with E-state index in [2.05, 4.69) is 5.10 Å². The number of carbonyl (C=O) groups excluding carboxylic acids is 1. The van der Waals surface area contributed by atoms with Gasteiger partial charge in [0.25, 0.3) is 5.91 Å². The molecule has 0 radical (unpaired) electrons. The molecule has 0 unspecified atom stereocenters. The SMILES string of the molecule is O=C(O)c1cc2n(n1)CCN(CCc1ccccc1)C2=O. The van der Waals surface area contributed by atoms with Gasteiger partial charge in [0.1, 0.15) is 5.69 Å². The van der Waals surface area contributed by atoms with Crippen LogP contribution in [-0.2, 0) is 13.0 Å². The summed E-state index contributed by atoms with van der Waals surface area (Å²) < 4.78 is 1.48. The summed E-state index contributed by atoms with van der Waals surface area (Å²) in [5, 5.41) is 12.9. The Kier molecular flexibility index (Phi) is 3.43. The Morgan fingerprint density at radius 2 is 2.00 bits per heavy atom. The van der Waals surface area contributed by atoms with Crippen LogP contribution in [0.3, 0.4) is 0 Å². The zero-order chi connectivity index (χ0) is 14.8. The molecule has 1 aliphatic heterocycles. The second-order valence-corrected chi connectivity index (χ2v) is 4.97. The molecule has 1 aromatic carbocycles. The van der Waals surface area contributed by atoms with Crippen molar-refractivity contribution in [2.75, 3.05) is 13.1 Å². The van der Waals surface area contributed by atoms with Crippen molar-refractivity contribution in [2.45, 2.75) is 13.0 Å². The van der Waals surface area contributed by atoms with Crippen molar-refractivity contribution in [1.29, 1.82) is 0 Å². The van der Waals surface area contributed by atoms with Gasteiger partial charge < -0.3 is 10.0 Å². The van der Waals surface area contributed by atoms with Crippen molar-refractivity contribution in [2.24, 2.45) is 0 Å². The molecule has 1 aliphatic rings. The number of benzene rings is 1. The monoisotopic (exact) mass is 285 g/mol. The standard InChI is InChI=1S/C15H15N3O3/c19-14-13-10-12(15(20)21)16-18(13)9-8-17(14)7-6-11-4-2-1-3-5-11/h1-5,10H,6-9H2,(H,20,21). The molecule has 1 amide bonds. The third-order valence-corrected chi connectivity index (χ3v) is 3.60. The van der Waals surface area contributed by atoms with Gasteiger partial charge in [-0.15, -0.1) is 0 Å². The summed E-state index contributed by atoms with van der Waals surface area (Å²) in [6.45, 7) is 1.71. The summed E-state index contributed by atoms with van der Waals surface area (Å²) in [6, 6.07) is 11.3. The number of hydrogen-bond donors (Lipinski definition) is 1. The maximum atomic E-state index is 12.3. The van der Waals surface area contributed by atoms with Crippen molar-refractivity contribution >= 4 is 11.9 Å². The predicted molar refractivity (Wildman–Crippen MR) is 75.2 cm³/mol. The molecule has 2 heterocycles. The quantitative estimate of drug-likeness (QED) is 0.918. The minimum absolute atomic E-state index is 0.0803. The number of hydrogen-bond acceptors (Lipinski definition) is 3. The van der Waals surface area contributed by atoms with Crippen LogP contribution >= 0.6 is 0 Å². The van der Waals surface area contributed by atoms with Crippen molar-refractivity contribution in [3.8, 4) is 0 Å². The number of carbonyl (C=O) groups is 2. The fourth-order valence-electron chi connectivity index (χ4n) is 2.46. The smallest absolute Gasteiger partial charge is 0.356 e. The first-order valence-corrected chi connectivity index (χ1v) is 6.79. The maximum Gasteiger partial charge on any atom is 0.356 e. The highest BCUT2D eigenvalue weighted by Gasteiger charge is 2.27. The van der Waals surface area contributed by atoms with Crippen LogP contribution in [0.5, 0.6) is 0 Å². The molecule has 0 fully saturated rings. The second kappa shape index (κ2) is 5.40. The van der Waals surface area contributed by atoms with Gasteiger partial charge in [-0.3, -0.25) is 9.48 Å². The van der Waals surface area contributed by atoms with E-state index in [0.29, 0.717) is 25.3 Å². The first-order chi connectivity index (χ1) is 10.1. The van der Waals surface area contributed by atoms with Gasteiger partial charge >= 0.3 is 5.97 Å². The number of amides is 1. The molecule has 3 rings (SSSR count). The van der Waals surface area contributed by atoms with Crippen molar-refractivity contribution in [1.82, 2.24) is 14.7 Å². The summed E-state index contributed by atoms with van der Waals surface area (Å²) >= 11 is 0. The summed E-state index contributed by atoms with van der Waals surface area (Å²) in [6.07, 6.45) is 0.784. The highest BCUT2D eigenvalue weighted by molar-refractivity contribution is 5.96. The zero-order valence-electron chi connectivity index (χ0n) is 11.4. The first kappa shape index (κ1) is 13.4. The Labute approximate surface area is 121 Å². The van der Waals surface area contributed by atoms with Crippen molar-refractivity contribution < 1.29 is 14.7 Å². The van der Waals surface area contributed by atoms with Crippen LogP contribution < -0.4 is 0 Å². The minimum Gasteiger partial charge on any atom is -0.476 e. The van der Waals surface area contributed by atoms with Crippen LogP contribution in [-0.4, -0.2) is 44.8 Å². The lowest BCUT2D eigenvalue weighted by atomic mass is 10.1. The number of carboxylic acids is 1. The lowest BCUT2D eigenvalue weighted by Crippen LogP contribution is -2.41. The van der Waals surface area contributed by atoms with Crippen LogP contribution in [0.25, 0.3) is 0 Å². The van der Waals surface area contributed by atoms with E-state index in [4.69, 9.17) is 5.11 Å². The van der Waals surface area contributed by atoms with E-state index in [1.54, 1.807) is 4.90 Å². The van der Waals surface area contributed by atoms with Crippen LogP contribution in [0.1, 0.15) is 26.5 Å². The molecule has 0 saturated carbocycles. The van der Waals surface area contributed by atoms with E-state index in [9.17, 15) is 9.59 Å². The highest BCUT2D eigenvalue weighted by atomic mass is 16.4.